The number of pyridine rings is 1. The van der Waals surface area contributed by atoms with E-state index in [0.717, 1.165) is 12.1 Å². The number of fused-ring (bicyclic) bond motifs is 2. The van der Waals surface area contributed by atoms with Crippen LogP contribution in [-0.2, 0) is 6.18 Å². The number of aromatic nitrogens is 1. The normalized spacial score (nSPS) is 11.5. The summed E-state index contributed by atoms with van der Waals surface area (Å²) in [6.07, 6.45) is -4.48. The lowest BCUT2D eigenvalue weighted by molar-refractivity contribution is -0.137. The van der Waals surface area contributed by atoms with Gasteiger partial charge in [0, 0.05) is 16.8 Å². The van der Waals surface area contributed by atoms with Crippen LogP contribution in [0.1, 0.15) is 11.1 Å². The Morgan fingerprint density at radius 2 is 1.58 bits per heavy atom. The largest absolute Gasteiger partial charge is 0.493 e. The first-order chi connectivity index (χ1) is 11.4. The van der Waals surface area contributed by atoms with Gasteiger partial charge in [0.25, 0.3) is 0 Å². The fourth-order valence-electron chi connectivity index (χ4n) is 2.57. The lowest BCUT2D eigenvalue weighted by Crippen LogP contribution is -2.05. The van der Waals surface area contributed by atoms with Crippen molar-refractivity contribution in [2.24, 2.45) is 0 Å². The zero-order valence-electron chi connectivity index (χ0n) is 12.7. The fourth-order valence-corrected chi connectivity index (χ4v) is 2.57. The molecule has 0 fully saturated rings. The van der Waals surface area contributed by atoms with Gasteiger partial charge in [-0.2, -0.15) is 18.4 Å². The minimum Gasteiger partial charge on any atom is -0.493 e. The molecule has 4 nitrogen and oxygen atoms in total. The molecule has 3 rings (SSSR count). The highest BCUT2D eigenvalue weighted by Crippen LogP contribution is 2.37. The van der Waals surface area contributed by atoms with E-state index in [1.54, 1.807) is 6.07 Å². The summed E-state index contributed by atoms with van der Waals surface area (Å²) >= 11 is 0. The third kappa shape index (κ3) is 2.46. The Kier molecular flexibility index (Phi) is 3.68. The van der Waals surface area contributed by atoms with Gasteiger partial charge in [-0.1, -0.05) is 6.07 Å². The molecule has 1 aromatic heterocycles. The van der Waals surface area contributed by atoms with Gasteiger partial charge in [0.1, 0.15) is 6.07 Å². The summed E-state index contributed by atoms with van der Waals surface area (Å²) in [5.41, 5.74) is -0.118. The first kappa shape index (κ1) is 15.9. The average molecular weight is 332 g/mol. The van der Waals surface area contributed by atoms with Crippen LogP contribution >= 0.6 is 0 Å². The van der Waals surface area contributed by atoms with Crippen LogP contribution in [0.3, 0.4) is 0 Å². The molecule has 0 radical (unpaired) electrons. The predicted octanol–water partition coefficient (Wildman–Crippen LogP) is 4.30. The zero-order chi connectivity index (χ0) is 17.5. The van der Waals surface area contributed by atoms with E-state index in [-0.39, 0.29) is 11.1 Å². The third-order valence-electron chi connectivity index (χ3n) is 3.72. The molecule has 0 amide bonds. The smallest absolute Gasteiger partial charge is 0.416 e. The highest BCUT2D eigenvalue weighted by molar-refractivity contribution is 6.01. The first-order valence-electron chi connectivity index (χ1n) is 6.86. The molecule has 0 aliphatic carbocycles. The maximum Gasteiger partial charge on any atom is 0.416 e. The van der Waals surface area contributed by atoms with E-state index in [9.17, 15) is 18.4 Å². The van der Waals surface area contributed by atoms with Crippen LogP contribution in [0.25, 0.3) is 21.8 Å². The summed E-state index contributed by atoms with van der Waals surface area (Å²) in [6, 6.07) is 8.32. The number of nitrogens with zero attached hydrogens (tertiary/aromatic N) is 2. The summed E-state index contributed by atoms with van der Waals surface area (Å²) in [7, 11) is 2.90. The van der Waals surface area contributed by atoms with E-state index in [2.05, 4.69) is 4.98 Å². The average Bonchev–Trinajstić information content (AvgIpc) is 2.56. The van der Waals surface area contributed by atoms with Gasteiger partial charge in [0.2, 0.25) is 0 Å². The Morgan fingerprint density at radius 1 is 0.958 bits per heavy atom. The van der Waals surface area contributed by atoms with Gasteiger partial charge in [-0.05, 0) is 18.2 Å². The molecule has 0 aliphatic rings. The monoisotopic (exact) mass is 332 g/mol. The van der Waals surface area contributed by atoms with Gasteiger partial charge in [-0.25, -0.2) is 4.98 Å². The SMILES string of the molecule is COc1cc2nc3cc(C(F)(F)F)ccc3c(C#N)c2cc1OC. The van der Waals surface area contributed by atoms with E-state index in [1.807, 2.05) is 6.07 Å². The molecule has 0 saturated heterocycles. The minimum absolute atomic E-state index is 0.0982. The van der Waals surface area contributed by atoms with Crippen molar-refractivity contribution in [2.75, 3.05) is 14.2 Å². The molecule has 1 heterocycles. The molecule has 0 aliphatic heterocycles. The van der Waals surface area contributed by atoms with Crippen molar-refractivity contribution in [3.63, 3.8) is 0 Å². The van der Waals surface area contributed by atoms with Gasteiger partial charge >= 0.3 is 6.18 Å². The Balaban J connectivity index is 2.41. The molecule has 0 spiro atoms. The van der Waals surface area contributed by atoms with E-state index >= 15 is 0 Å². The molecule has 0 N–H and O–H groups in total. The second kappa shape index (κ2) is 5.57. The van der Waals surface area contributed by atoms with Gasteiger partial charge in [-0.3, -0.25) is 0 Å². The predicted molar refractivity (Wildman–Crippen MR) is 82.1 cm³/mol. The molecule has 0 saturated carbocycles. The van der Waals surface area contributed by atoms with Crippen LogP contribution in [-0.4, -0.2) is 19.2 Å². The van der Waals surface area contributed by atoms with Crippen LogP contribution in [0, 0.1) is 11.3 Å². The van der Waals surface area contributed by atoms with Crippen molar-refractivity contribution in [1.82, 2.24) is 4.98 Å². The Labute approximate surface area is 135 Å². The quantitative estimate of drug-likeness (QED) is 0.657. The molecule has 2 aromatic carbocycles. The van der Waals surface area contributed by atoms with Crippen molar-refractivity contribution >= 4 is 21.8 Å². The molecular formula is C17H11F3N2O2. The van der Waals surface area contributed by atoms with Crippen LogP contribution in [0.5, 0.6) is 11.5 Å². The number of hydrogen-bond donors (Lipinski definition) is 0. The Morgan fingerprint density at radius 3 is 2.17 bits per heavy atom. The summed E-state index contributed by atoms with van der Waals surface area (Å²) in [6.45, 7) is 0. The number of hydrogen-bond acceptors (Lipinski definition) is 4. The number of benzene rings is 2. The Bertz CT molecular complexity index is 991. The van der Waals surface area contributed by atoms with Crippen LogP contribution in [0.4, 0.5) is 13.2 Å². The molecule has 0 atom stereocenters. The molecule has 3 aromatic rings. The second-order valence-corrected chi connectivity index (χ2v) is 5.05. The van der Waals surface area contributed by atoms with E-state index in [0.29, 0.717) is 27.8 Å². The zero-order valence-corrected chi connectivity index (χ0v) is 12.7. The summed E-state index contributed by atoms with van der Waals surface area (Å²) < 4.78 is 49.1. The van der Waals surface area contributed by atoms with Crippen molar-refractivity contribution in [3.8, 4) is 17.6 Å². The van der Waals surface area contributed by atoms with E-state index < -0.39 is 11.7 Å². The maximum absolute atomic E-state index is 12.9. The lowest BCUT2D eigenvalue weighted by Gasteiger charge is -2.12. The lowest BCUT2D eigenvalue weighted by atomic mass is 10.0. The third-order valence-corrected chi connectivity index (χ3v) is 3.72. The second-order valence-electron chi connectivity index (χ2n) is 5.05. The van der Waals surface area contributed by atoms with Crippen LogP contribution in [0.2, 0.25) is 0 Å². The topological polar surface area (TPSA) is 55.1 Å². The Hall–Kier alpha value is -3.01. The number of alkyl halides is 3. The molecular weight excluding hydrogens is 321 g/mol. The van der Waals surface area contributed by atoms with Gasteiger partial charge in [-0.15, -0.1) is 0 Å². The maximum atomic E-state index is 12.9. The fraction of sp³-hybridized carbons (Fsp3) is 0.176. The van der Waals surface area contributed by atoms with Crippen LogP contribution < -0.4 is 9.47 Å². The van der Waals surface area contributed by atoms with Crippen molar-refractivity contribution in [3.05, 3.63) is 41.5 Å². The minimum atomic E-state index is -4.48. The summed E-state index contributed by atoms with van der Waals surface area (Å²) in [4.78, 5) is 4.26. The standard InChI is InChI=1S/C17H11F3N2O2/c1-23-15-6-11-12(8-21)10-4-3-9(17(18,19)20)5-13(10)22-14(11)7-16(15)24-2/h3-7H,1-2H3. The highest BCUT2D eigenvalue weighted by atomic mass is 19.4. The number of methoxy groups -OCH3 is 2. The van der Waals surface area contributed by atoms with Crippen LogP contribution in [0.15, 0.2) is 30.3 Å². The number of halogens is 3. The number of ether oxygens (including phenoxy) is 2. The molecule has 0 bridgehead atoms. The van der Waals surface area contributed by atoms with Crippen molar-refractivity contribution < 1.29 is 22.6 Å². The van der Waals surface area contributed by atoms with E-state index in [4.69, 9.17) is 9.47 Å². The molecule has 122 valence electrons. The molecule has 24 heavy (non-hydrogen) atoms. The van der Waals surface area contributed by atoms with Gasteiger partial charge < -0.3 is 9.47 Å². The van der Waals surface area contributed by atoms with E-state index in [1.165, 1.54) is 26.4 Å². The first-order valence-corrected chi connectivity index (χ1v) is 6.86. The highest BCUT2D eigenvalue weighted by Gasteiger charge is 2.31. The summed E-state index contributed by atoms with van der Waals surface area (Å²) in [5, 5.41) is 10.3. The van der Waals surface area contributed by atoms with Gasteiger partial charge in [0.15, 0.2) is 11.5 Å². The number of nitriles is 1. The molecule has 7 heteroatoms. The number of rotatable bonds is 2. The van der Waals surface area contributed by atoms with Crippen molar-refractivity contribution in [1.29, 1.82) is 5.26 Å². The van der Waals surface area contributed by atoms with Gasteiger partial charge in [0.05, 0.1) is 36.4 Å². The summed E-state index contributed by atoms with van der Waals surface area (Å²) in [5.74, 6) is 0.794. The molecule has 0 unspecified atom stereocenters. The van der Waals surface area contributed by atoms with Crippen molar-refractivity contribution in [2.45, 2.75) is 6.18 Å².